The van der Waals surface area contributed by atoms with Gasteiger partial charge in [0.05, 0.1) is 32.2 Å². The number of nitrogens with one attached hydrogen (secondary N) is 1. The van der Waals surface area contributed by atoms with Gasteiger partial charge in [-0.1, -0.05) is 30.3 Å². The number of benzene rings is 1. The third-order valence-electron chi connectivity index (χ3n) is 6.51. The van der Waals surface area contributed by atoms with E-state index in [0.29, 0.717) is 0 Å². The second kappa shape index (κ2) is 5.23. The van der Waals surface area contributed by atoms with E-state index < -0.39 is 0 Å². The fourth-order valence-electron chi connectivity index (χ4n) is 4.48. The summed E-state index contributed by atoms with van der Waals surface area (Å²) in [6.45, 7) is 3.41. The average molecular weight is 315 g/mol. The van der Waals surface area contributed by atoms with Crippen LogP contribution in [0.2, 0.25) is 0 Å². The van der Waals surface area contributed by atoms with Crippen molar-refractivity contribution in [3.8, 4) is 0 Å². The molecule has 1 aromatic carbocycles. The van der Waals surface area contributed by atoms with Crippen LogP contribution in [0, 0.1) is 0 Å². The van der Waals surface area contributed by atoms with Gasteiger partial charge in [0.25, 0.3) is 0 Å². The maximum atomic E-state index is 12.6. The highest BCUT2D eigenvalue weighted by atomic mass is 16.6. The second-order valence-electron chi connectivity index (χ2n) is 8.04. The molecule has 0 unspecified atom stereocenters. The van der Waals surface area contributed by atoms with E-state index in [-0.39, 0.29) is 17.2 Å². The quantitative estimate of drug-likeness (QED) is 0.870. The Labute approximate surface area is 138 Å². The summed E-state index contributed by atoms with van der Waals surface area (Å²) in [4.78, 5) is 12.6. The van der Waals surface area contributed by atoms with Crippen LogP contribution >= 0.6 is 0 Å². The van der Waals surface area contributed by atoms with Crippen molar-refractivity contribution < 1.29 is 14.0 Å². The number of ether oxygens (including phenoxy) is 1. The highest BCUT2D eigenvalue weighted by Gasteiger charge is 2.50. The van der Waals surface area contributed by atoms with Gasteiger partial charge >= 0.3 is 6.09 Å². The molecule has 23 heavy (non-hydrogen) atoms. The molecule has 4 nitrogen and oxygen atoms in total. The minimum absolute atomic E-state index is 0.205. The van der Waals surface area contributed by atoms with Crippen LogP contribution < -0.4 is 5.32 Å². The number of fused-ring (bicyclic) bond motifs is 3. The van der Waals surface area contributed by atoms with Crippen LogP contribution in [0.3, 0.4) is 0 Å². The summed E-state index contributed by atoms with van der Waals surface area (Å²) in [6, 6.07) is 10.3. The molecule has 0 radical (unpaired) electrons. The first-order valence-corrected chi connectivity index (χ1v) is 8.94. The van der Waals surface area contributed by atoms with Gasteiger partial charge in [-0.05, 0) is 24.8 Å². The first kappa shape index (κ1) is 15.0. The Hall–Kier alpha value is -1.55. The smallest absolute Gasteiger partial charge is 0.408 e. The van der Waals surface area contributed by atoms with Crippen molar-refractivity contribution in [1.29, 1.82) is 0 Å². The van der Waals surface area contributed by atoms with E-state index in [1.807, 2.05) is 18.2 Å². The van der Waals surface area contributed by atoms with E-state index in [4.69, 9.17) is 4.74 Å². The molecule has 3 heterocycles. The molecule has 1 aromatic rings. The molecule has 4 fully saturated rings. The summed E-state index contributed by atoms with van der Waals surface area (Å²) in [5.74, 6) is 0. The fraction of sp³-hybridized carbons (Fsp3) is 0.632. The standard InChI is InChI=1S/C19H26N2O2/c1-21-13-10-18(11-14-21,12-15-21)23-17(22)20-19(8-5-9-19)16-6-3-2-4-7-16/h2-4,6-7H,5,8-15H2,1H3/p+1. The van der Waals surface area contributed by atoms with Gasteiger partial charge < -0.3 is 14.5 Å². The van der Waals surface area contributed by atoms with E-state index in [1.165, 1.54) is 5.56 Å². The predicted molar refractivity (Wildman–Crippen MR) is 89.0 cm³/mol. The van der Waals surface area contributed by atoms with E-state index in [0.717, 1.165) is 62.6 Å². The van der Waals surface area contributed by atoms with Gasteiger partial charge in [-0.3, -0.25) is 0 Å². The number of hydrogen-bond donors (Lipinski definition) is 1. The molecule has 0 atom stereocenters. The van der Waals surface area contributed by atoms with Crippen molar-refractivity contribution >= 4 is 6.09 Å². The predicted octanol–water partition coefficient (Wildman–Crippen LogP) is 3.17. The molecule has 1 amide bonds. The van der Waals surface area contributed by atoms with Crippen LogP contribution in [0.15, 0.2) is 30.3 Å². The largest absolute Gasteiger partial charge is 0.442 e. The summed E-state index contributed by atoms with van der Waals surface area (Å²) in [6.07, 6.45) is 5.99. The first-order chi connectivity index (χ1) is 11.0. The normalized spacial score (nSPS) is 34.5. The first-order valence-electron chi connectivity index (χ1n) is 8.94. The molecule has 0 aromatic heterocycles. The summed E-state index contributed by atoms with van der Waals surface area (Å²) in [5, 5.41) is 3.21. The Morgan fingerprint density at radius 3 is 2.17 bits per heavy atom. The number of hydrogen-bond acceptors (Lipinski definition) is 2. The van der Waals surface area contributed by atoms with Crippen molar-refractivity contribution in [3.63, 3.8) is 0 Å². The second-order valence-corrected chi connectivity index (χ2v) is 8.04. The average Bonchev–Trinajstić information content (AvgIpc) is 2.53. The zero-order valence-electron chi connectivity index (χ0n) is 14.0. The van der Waals surface area contributed by atoms with E-state index in [2.05, 4.69) is 24.5 Å². The van der Waals surface area contributed by atoms with Crippen LogP contribution in [0.25, 0.3) is 0 Å². The Morgan fingerprint density at radius 1 is 1.04 bits per heavy atom. The molecule has 4 heteroatoms. The number of nitrogens with zero attached hydrogens (tertiary/aromatic N) is 1. The lowest BCUT2D eigenvalue weighted by Crippen LogP contribution is -2.64. The number of amides is 1. The van der Waals surface area contributed by atoms with Crippen molar-refractivity contribution in [3.05, 3.63) is 35.9 Å². The summed E-state index contributed by atoms with van der Waals surface area (Å²) in [5.41, 5.74) is 0.794. The molecule has 124 valence electrons. The minimum Gasteiger partial charge on any atom is -0.442 e. The molecular formula is C19H27N2O2+. The van der Waals surface area contributed by atoms with Gasteiger partial charge in [-0.2, -0.15) is 0 Å². The molecule has 5 rings (SSSR count). The van der Waals surface area contributed by atoms with Crippen LogP contribution in [-0.4, -0.2) is 42.9 Å². The lowest BCUT2D eigenvalue weighted by atomic mass is 9.72. The lowest BCUT2D eigenvalue weighted by Gasteiger charge is -2.52. The van der Waals surface area contributed by atoms with Crippen LogP contribution in [0.1, 0.15) is 44.1 Å². The molecule has 1 saturated carbocycles. The van der Waals surface area contributed by atoms with Gasteiger partial charge in [0, 0.05) is 19.3 Å². The Bertz CT molecular complexity index is 570. The molecular weight excluding hydrogens is 288 g/mol. The van der Waals surface area contributed by atoms with Gasteiger partial charge in [0.1, 0.15) is 5.60 Å². The summed E-state index contributed by atoms with van der Waals surface area (Å²) >= 11 is 0. The van der Waals surface area contributed by atoms with Gasteiger partial charge in [-0.25, -0.2) is 4.79 Å². The molecule has 1 aliphatic carbocycles. The van der Waals surface area contributed by atoms with Gasteiger partial charge in [-0.15, -0.1) is 0 Å². The minimum atomic E-state index is -0.216. The number of alkyl carbamates (subject to hydrolysis) is 1. The van der Waals surface area contributed by atoms with Crippen molar-refractivity contribution in [2.75, 3.05) is 26.7 Å². The lowest BCUT2D eigenvalue weighted by molar-refractivity contribution is -0.926. The van der Waals surface area contributed by atoms with Gasteiger partial charge in [0.2, 0.25) is 0 Å². The highest BCUT2D eigenvalue weighted by Crippen LogP contribution is 2.42. The number of rotatable bonds is 3. The van der Waals surface area contributed by atoms with Crippen molar-refractivity contribution in [1.82, 2.24) is 5.32 Å². The zero-order chi connectivity index (χ0) is 16.0. The topological polar surface area (TPSA) is 38.3 Å². The SMILES string of the molecule is C[N+]12CCC(OC(=O)NC3(c4ccccc4)CCC3)(CC1)CC2. The maximum Gasteiger partial charge on any atom is 0.408 e. The van der Waals surface area contributed by atoms with Crippen molar-refractivity contribution in [2.45, 2.75) is 49.7 Å². The Balaban J connectivity index is 1.44. The molecule has 4 aliphatic rings. The third kappa shape index (κ3) is 2.63. The number of quaternary nitrogens is 1. The molecule has 3 saturated heterocycles. The van der Waals surface area contributed by atoms with Crippen molar-refractivity contribution in [2.24, 2.45) is 0 Å². The van der Waals surface area contributed by atoms with E-state index in [9.17, 15) is 4.79 Å². The number of carbonyl (C=O) groups is 1. The van der Waals surface area contributed by atoms with Crippen LogP contribution in [-0.2, 0) is 10.3 Å². The van der Waals surface area contributed by atoms with Gasteiger partial charge in [0.15, 0.2) is 0 Å². The highest BCUT2D eigenvalue weighted by molar-refractivity contribution is 5.69. The number of carbonyl (C=O) groups excluding carboxylic acids is 1. The molecule has 1 N–H and O–H groups in total. The summed E-state index contributed by atoms with van der Waals surface area (Å²) in [7, 11) is 2.32. The zero-order valence-corrected chi connectivity index (χ0v) is 14.0. The molecule has 0 spiro atoms. The summed E-state index contributed by atoms with van der Waals surface area (Å²) < 4.78 is 7.16. The van der Waals surface area contributed by atoms with Crippen LogP contribution in [0.4, 0.5) is 4.79 Å². The van der Waals surface area contributed by atoms with E-state index in [1.54, 1.807) is 0 Å². The van der Waals surface area contributed by atoms with E-state index >= 15 is 0 Å². The fourth-order valence-corrected chi connectivity index (χ4v) is 4.48. The monoisotopic (exact) mass is 315 g/mol. The number of piperidine rings is 3. The van der Waals surface area contributed by atoms with Crippen LogP contribution in [0.5, 0.6) is 0 Å². The Kier molecular flexibility index (Phi) is 3.41. The molecule has 2 bridgehead atoms. The molecule has 3 aliphatic heterocycles. The Morgan fingerprint density at radius 2 is 1.65 bits per heavy atom. The third-order valence-corrected chi connectivity index (χ3v) is 6.51. The maximum absolute atomic E-state index is 12.6.